The monoisotopic (exact) mass is 244 g/mol. The number of aromatic nitrogens is 1. The van der Waals surface area contributed by atoms with Crippen molar-refractivity contribution in [2.24, 2.45) is 0 Å². The first-order valence-corrected chi connectivity index (χ1v) is 6.03. The van der Waals surface area contributed by atoms with E-state index in [-0.39, 0.29) is 0 Å². The van der Waals surface area contributed by atoms with E-state index in [9.17, 15) is 0 Å². The first-order valence-electron chi connectivity index (χ1n) is 5.22. The van der Waals surface area contributed by atoms with Crippen molar-refractivity contribution < 1.29 is 4.42 Å². The van der Waals surface area contributed by atoms with Crippen LogP contribution in [0.15, 0.2) is 32.6 Å². The third kappa shape index (κ3) is 2.34. The molecule has 0 amide bonds. The summed E-state index contributed by atoms with van der Waals surface area (Å²) in [6.45, 7) is 5.70. The van der Waals surface area contributed by atoms with E-state index >= 15 is 0 Å². The molecule has 0 aromatic carbocycles. The van der Waals surface area contributed by atoms with Crippen LogP contribution in [0.2, 0.25) is 0 Å². The van der Waals surface area contributed by atoms with Crippen molar-refractivity contribution in [2.75, 3.05) is 0 Å². The number of aryl methyl sites for hydroxylation is 3. The maximum Gasteiger partial charge on any atom is 0.114 e. The summed E-state index contributed by atoms with van der Waals surface area (Å²) in [6.07, 6.45) is 1.66. The van der Waals surface area contributed by atoms with Crippen molar-refractivity contribution in [3.63, 3.8) is 0 Å². The smallest absolute Gasteiger partial charge is 0.114 e. The summed E-state index contributed by atoms with van der Waals surface area (Å²) in [7, 11) is 0. The van der Waals surface area contributed by atoms with Gasteiger partial charge in [-0.05, 0) is 32.9 Å². The van der Waals surface area contributed by atoms with Gasteiger partial charge in [0.1, 0.15) is 11.8 Å². The van der Waals surface area contributed by atoms with E-state index in [2.05, 4.69) is 11.1 Å². The summed E-state index contributed by atoms with van der Waals surface area (Å²) >= 11 is 1.54. The van der Waals surface area contributed by atoms with Crippen LogP contribution in [0.25, 0.3) is 0 Å². The molecule has 86 valence electrons. The van der Waals surface area contributed by atoms with E-state index < -0.39 is 0 Å². The molecule has 0 saturated carbocycles. The molecule has 2 aromatic heterocycles. The highest BCUT2D eigenvalue weighted by Gasteiger charge is 2.11. The van der Waals surface area contributed by atoms with Gasteiger partial charge in [0, 0.05) is 10.6 Å². The normalized spacial score (nSPS) is 10.2. The van der Waals surface area contributed by atoms with Gasteiger partial charge in [-0.3, -0.25) is 4.98 Å². The van der Waals surface area contributed by atoms with E-state index in [1.54, 1.807) is 18.0 Å². The second kappa shape index (κ2) is 4.64. The Morgan fingerprint density at radius 2 is 2.06 bits per heavy atom. The van der Waals surface area contributed by atoms with Gasteiger partial charge in [-0.2, -0.15) is 5.26 Å². The minimum Gasteiger partial charge on any atom is -0.468 e. The van der Waals surface area contributed by atoms with Gasteiger partial charge in [-0.1, -0.05) is 11.8 Å². The summed E-state index contributed by atoms with van der Waals surface area (Å²) in [5.41, 5.74) is 2.34. The molecule has 0 N–H and O–H groups in total. The Bertz CT molecular complexity index is 596. The van der Waals surface area contributed by atoms with Gasteiger partial charge < -0.3 is 4.42 Å². The van der Waals surface area contributed by atoms with Gasteiger partial charge in [0.05, 0.1) is 22.4 Å². The van der Waals surface area contributed by atoms with Crippen LogP contribution in [0.5, 0.6) is 0 Å². The molecule has 0 unspecified atom stereocenters. The van der Waals surface area contributed by atoms with Crippen LogP contribution in [0, 0.1) is 32.1 Å². The van der Waals surface area contributed by atoms with Crippen LogP contribution >= 0.6 is 11.8 Å². The van der Waals surface area contributed by atoms with Crippen LogP contribution in [0.4, 0.5) is 0 Å². The fourth-order valence-electron chi connectivity index (χ4n) is 1.61. The van der Waals surface area contributed by atoms with Crippen LogP contribution in [-0.4, -0.2) is 4.98 Å². The van der Waals surface area contributed by atoms with Crippen molar-refractivity contribution in [3.8, 4) is 6.07 Å². The fourth-order valence-corrected chi connectivity index (χ4v) is 2.68. The first kappa shape index (κ1) is 11.7. The largest absolute Gasteiger partial charge is 0.468 e. The lowest BCUT2D eigenvalue weighted by Crippen LogP contribution is -1.93. The van der Waals surface area contributed by atoms with Gasteiger partial charge in [0.25, 0.3) is 0 Å². The predicted octanol–water partition coefficient (Wildman–Crippen LogP) is 3.62. The molecule has 3 nitrogen and oxygen atoms in total. The molecule has 0 aliphatic rings. The zero-order valence-electron chi connectivity index (χ0n) is 9.94. The molecular formula is C13H12N2OS. The highest BCUT2D eigenvalue weighted by atomic mass is 32.2. The van der Waals surface area contributed by atoms with Gasteiger partial charge in [-0.25, -0.2) is 0 Å². The lowest BCUT2D eigenvalue weighted by molar-refractivity contribution is 0.527. The quantitative estimate of drug-likeness (QED) is 0.809. The van der Waals surface area contributed by atoms with Gasteiger partial charge in [0.15, 0.2) is 0 Å². The average molecular weight is 244 g/mol. The van der Waals surface area contributed by atoms with Crippen molar-refractivity contribution in [1.82, 2.24) is 4.98 Å². The standard InChI is InChI=1S/C13H12N2OS/c1-8-6-13(11(7-14)9(2)15-8)17-12-4-5-16-10(12)3/h4-6H,1-3H3. The fraction of sp³-hybridized carbons (Fsp3) is 0.231. The molecule has 0 aliphatic carbocycles. The average Bonchev–Trinajstić information content (AvgIpc) is 2.64. The third-order valence-corrected chi connectivity index (χ3v) is 3.62. The van der Waals surface area contributed by atoms with E-state index in [1.165, 1.54) is 0 Å². The number of nitriles is 1. The number of hydrogen-bond acceptors (Lipinski definition) is 4. The van der Waals surface area contributed by atoms with Crippen LogP contribution in [0.1, 0.15) is 22.7 Å². The minimum atomic E-state index is 0.640. The number of pyridine rings is 1. The zero-order valence-corrected chi connectivity index (χ0v) is 10.8. The van der Waals surface area contributed by atoms with Crippen LogP contribution in [-0.2, 0) is 0 Å². The van der Waals surface area contributed by atoms with Crippen molar-refractivity contribution in [3.05, 3.63) is 41.1 Å². The lowest BCUT2D eigenvalue weighted by Gasteiger charge is -2.06. The van der Waals surface area contributed by atoms with Crippen LogP contribution < -0.4 is 0 Å². The molecule has 0 saturated heterocycles. The summed E-state index contributed by atoms with van der Waals surface area (Å²) < 4.78 is 5.25. The topological polar surface area (TPSA) is 49.8 Å². The molecule has 0 spiro atoms. The first-order chi connectivity index (χ1) is 8.11. The Morgan fingerprint density at radius 3 is 2.65 bits per heavy atom. The molecular weight excluding hydrogens is 232 g/mol. The van der Waals surface area contributed by atoms with Gasteiger partial charge >= 0.3 is 0 Å². The zero-order chi connectivity index (χ0) is 12.4. The summed E-state index contributed by atoms with van der Waals surface area (Å²) in [5.74, 6) is 0.867. The predicted molar refractivity (Wildman–Crippen MR) is 66.0 cm³/mol. The van der Waals surface area contributed by atoms with E-state index in [1.807, 2.05) is 32.9 Å². The summed E-state index contributed by atoms with van der Waals surface area (Å²) in [4.78, 5) is 6.26. The minimum absolute atomic E-state index is 0.640. The summed E-state index contributed by atoms with van der Waals surface area (Å²) in [6, 6.07) is 6.05. The SMILES string of the molecule is Cc1cc(Sc2ccoc2C)c(C#N)c(C)n1. The van der Waals surface area contributed by atoms with Gasteiger partial charge in [-0.15, -0.1) is 0 Å². The highest BCUT2D eigenvalue weighted by molar-refractivity contribution is 7.99. The molecule has 2 heterocycles. The Morgan fingerprint density at radius 1 is 1.29 bits per heavy atom. The van der Waals surface area contributed by atoms with Crippen molar-refractivity contribution >= 4 is 11.8 Å². The Hall–Kier alpha value is -1.73. The molecule has 0 radical (unpaired) electrons. The van der Waals surface area contributed by atoms with Gasteiger partial charge in [0.2, 0.25) is 0 Å². The van der Waals surface area contributed by atoms with Crippen LogP contribution in [0.3, 0.4) is 0 Å². The highest BCUT2D eigenvalue weighted by Crippen LogP contribution is 2.34. The number of nitrogens with zero attached hydrogens (tertiary/aromatic N) is 2. The van der Waals surface area contributed by atoms with Crippen molar-refractivity contribution in [2.45, 2.75) is 30.6 Å². The molecule has 0 aliphatic heterocycles. The molecule has 17 heavy (non-hydrogen) atoms. The number of rotatable bonds is 2. The molecule has 2 aromatic rings. The number of furan rings is 1. The molecule has 0 bridgehead atoms. The number of hydrogen-bond donors (Lipinski definition) is 0. The Balaban J connectivity index is 2.46. The Kier molecular flexibility index (Phi) is 3.21. The second-order valence-electron chi connectivity index (χ2n) is 3.78. The summed E-state index contributed by atoms with van der Waals surface area (Å²) in [5, 5.41) is 9.16. The van der Waals surface area contributed by atoms with Crippen molar-refractivity contribution in [1.29, 1.82) is 5.26 Å². The second-order valence-corrected chi connectivity index (χ2v) is 4.86. The lowest BCUT2D eigenvalue weighted by atomic mass is 10.2. The molecule has 2 rings (SSSR count). The third-order valence-electron chi connectivity index (χ3n) is 2.44. The maximum atomic E-state index is 9.16. The Labute approximate surface area is 104 Å². The van der Waals surface area contributed by atoms with E-state index in [0.29, 0.717) is 5.56 Å². The molecule has 0 fully saturated rings. The van der Waals surface area contributed by atoms with E-state index in [0.717, 1.165) is 26.9 Å². The van der Waals surface area contributed by atoms with E-state index in [4.69, 9.17) is 9.68 Å². The molecule has 0 atom stereocenters. The maximum absolute atomic E-state index is 9.16. The molecule has 4 heteroatoms.